The maximum Gasteiger partial charge on any atom is 0.311 e. The van der Waals surface area contributed by atoms with Crippen LogP contribution in [-0.4, -0.2) is 20.1 Å². The lowest BCUT2D eigenvalue weighted by atomic mass is 10.3. The van der Waals surface area contributed by atoms with Crippen molar-refractivity contribution in [1.29, 1.82) is 0 Å². The molecule has 0 atom stereocenters. The van der Waals surface area contributed by atoms with E-state index in [1.165, 1.54) is 18.3 Å². The van der Waals surface area contributed by atoms with Crippen molar-refractivity contribution >= 4 is 11.5 Å². The van der Waals surface area contributed by atoms with Crippen LogP contribution in [0.15, 0.2) is 30.6 Å². The van der Waals surface area contributed by atoms with Crippen molar-refractivity contribution in [2.75, 3.05) is 5.32 Å². The third-order valence-corrected chi connectivity index (χ3v) is 1.99. The Morgan fingerprint density at radius 3 is 3.00 bits per heavy atom. The number of aromatic amines is 1. The highest BCUT2D eigenvalue weighted by Crippen LogP contribution is 2.20. The summed E-state index contributed by atoms with van der Waals surface area (Å²) in [6.07, 6.45) is 3.12. The molecule has 16 heavy (non-hydrogen) atoms. The average molecular weight is 219 g/mol. The van der Waals surface area contributed by atoms with Gasteiger partial charge < -0.3 is 5.32 Å². The molecular weight excluding hydrogens is 210 g/mol. The van der Waals surface area contributed by atoms with E-state index in [1.54, 1.807) is 12.3 Å². The van der Waals surface area contributed by atoms with Gasteiger partial charge >= 0.3 is 5.69 Å². The number of nitrogens with zero attached hydrogens (tertiary/aromatic N) is 3. The minimum Gasteiger partial charge on any atom is -0.359 e. The van der Waals surface area contributed by atoms with Crippen molar-refractivity contribution in [2.24, 2.45) is 0 Å². The minimum absolute atomic E-state index is 0.0398. The molecule has 0 saturated carbocycles. The molecule has 0 radical (unpaired) electrons. The lowest BCUT2D eigenvalue weighted by Crippen LogP contribution is -2.04. The summed E-state index contributed by atoms with van der Waals surface area (Å²) >= 11 is 0. The molecule has 82 valence electrons. The molecule has 0 aliphatic carbocycles. The molecule has 0 unspecified atom stereocenters. The van der Waals surface area contributed by atoms with Crippen LogP contribution < -0.4 is 5.32 Å². The first kappa shape index (κ1) is 10.1. The van der Waals surface area contributed by atoms with E-state index in [-0.39, 0.29) is 11.5 Å². The fraction of sp³-hybridized carbons (Fsp3) is 0.111. The van der Waals surface area contributed by atoms with E-state index in [0.717, 1.165) is 5.69 Å². The molecule has 0 amide bonds. The summed E-state index contributed by atoms with van der Waals surface area (Å²) in [5, 5.41) is 20.1. The largest absolute Gasteiger partial charge is 0.359 e. The average Bonchev–Trinajstić information content (AvgIpc) is 2.79. The summed E-state index contributed by atoms with van der Waals surface area (Å²) in [6.45, 7) is 0.415. The number of H-pyrrole nitrogens is 1. The molecule has 2 aromatic rings. The van der Waals surface area contributed by atoms with Gasteiger partial charge in [-0.25, -0.2) is 4.98 Å². The standard InChI is InChI=1S/C9H9N5O2/c15-14(16)8-2-1-4-10-9(8)11-6-7-3-5-12-13-7/h1-5H,6H2,(H,10,11)(H,12,13). The van der Waals surface area contributed by atoms with Gasteiger partial charge in [0.1, 0.15) is 0 Å². The molecule has 0 aromatic carbocycles. The van der Waals surface area contributed by atoms with Crippen LogP contribution in [0, 0.1) is 10.1 Å². The molecule has 0 aliphatic heterocycles. The molecule has 2 N–H and O–H groups in total. The number of anilines is 1. The Morgan fingerprint density at radius 1 is 1.44 bits per heavy atom. The maximum absolute atomic E-state index is 10.7. The minimum atomic E-state index is -0.470. The highest BCUT2D eigenvalue weighted by atomic mass is 16.6. The normalized spacial score (nSPS) is 10.0. The Bertz CT molecular complexity index is 482. The molecule has 7 nitrogen and oxygen atoms in total. The van der Waals surface area contributed by atoms with E-state index in [1.807, 2.05) is 0 Å². The van der Waals surface area contributed by atoms with Gasteiger partial charge in [-0.15, -0.1) is 0 Å². The van der Waals surface area contributed by atoms with Crippen molar-refractivity contribution in [3.63, 3.8) is 0 Å². The summed E-state index contributed by atoms with van der Waals surface area (Å²) in [4.78, 5) is 14.1. The molecule has 0 fully saturated rings. The number of hydrogen-bond donors (Lipinski definition) is 2. The first-order chi connectivity index (χ1) is 7.77. The summed E-state index contributed by atoms with van der Waals surface area (Å²) in [7, 11) is 0. The summed E-state index contributed by atoms with van der Waals surface area (Å²) in [5.41, 5.74) is 0.793. The molecule has 0 spiro atoms. The fourth-order valence-corrected chi connectivity index (χ4v) is 1.24. The number of nitrogens with one attached hydrogen (secondary N) is 2. The Hall–Kier alpha value is -2.44. The number of hydrogen-bond acceptors (Lipinski definition) is 5. The molecule has 0 bridgehead atoms. The van der Waals surface area contributed by atoms with E-state index in [9.17, 15) is 10.1 Å². The quantitative estimate of drug-likeness (QED) is 0.597. The van der Waals surface area contributed by atoms with Crippen LogP contribution in [0.2, 0.25) is 0 Å². The van der Waals surface area contributed by atoms with Gasteiger partial charge in [0.15, 0.2) is 0 Å². The Morgan fingerprint density at radius 2 is 2.31 bits per heavy atom. The fourth-order valence-electron chi connectivity index (χ4n) is 1.24. The van der Waals surface area contributed by atoms with Crippen LogP contribution >= 0.6 is 0 Å². The van der Waals surface area contributed by atoms with E-state index in [4.69, 9.17) is 0 Å². The molecule has 2 rings (SSSR count). The van der Waals surface area contributed by atoms with Gasteiger partial charge in [0.05, 0.1) is 17.2 Å². The number of pyridine rings is 1. The smallest absolute Gasteiger partial charge is 0.311 e. The van der Waals surface area contributed by atoms with Crippen molar-refractivity contribution < 1.29 is 4.92 Å². The van der Waals surface area contributed by atoms with Gasteiger partial charge in [0, 0.05) is 18.5 Å². The molecule has 2 heterocycles. The summed E-state index contributed by atoms with van der Waals surface area (Å²) < 4.78 is 0. The zero-order valence-electron chi connectivity index (χ0n) is 8.25. The molecular formula is C9H9N5O2. The monoisotopic (exact) mass is 219 g/mol. The highest BCUT2D eigenvalue weighted by Gasteiger charge is 2.13. The molecule has 7 heteroatoms. The predicted molar refractivity (Wildman–Crippen MR) is 56.8 cm³/mol. The Balaban J connectivity index is 2.12. The molecule has 0 saturated heterocycles. The lowest BCUT2D eigenvalue weighted by Gasteiger charge is -2.03. The zero-order chi connectivity index (χ0) is 11.4. The topological polar surface area (TPSA) is 96.7 Å². The van der Waals surface area contributed by atoms with Crippen LogP contribution in [0.5, 0.6) is 0 Å². The van der Waals surface area contributed by atoms with Gasteiger partial charge in [-0.05, 0) is 12.1 Å². The van der Waals surface area contributed by atoms with Gasteiger partial charge in [-0.2, -0.15) is 5.10 Å². The Kier molecular flexibility index (Phi) is 2.77. The Labute approximate surface area is 90.7 Å². The second kappa shape index (κ2) is 4.39. The second-order valence-electron chi connectivity index (χ2n) is 3.06. The van der Waals surface area contributed by atoms with Gasteiger partial charge in [0.2, 0.25) is 5.82 Å². The SMILES string of the molecule is O=[N+]([O-])c1cccnc1NCc1ccn[nH]1. The van der Waals surface area contributed by atoms with Gasteiger partial charge in [-0.1, -0.05) is 0 Å². The van der Waals surface area contributed by atoms with E-state index in [0.29, 0.717) is 6.54 Å². The van der Waals surface area contributed by atoms with Crippen LogP contribution in [0.25, 0.3) is 0 Å². The van der Waals surface area contributed by atoms with E-state index in [2.05, 4.69) is 20.5 Å². The third kappa shape index (κ3) is 2.14. The summed E-state index contributed by atoms with van der Waals surface area (Å²) in [5.74, 6) is 0.252. The van der Waals surface area contributed by atoms with Crippen LogP contribution in [0.3, 0.4) is 0 Å². The maximum atomic E-state index is 10.7. The first-order valence-electron chi connectivity index (χ1n) is 4.59. The van der Waals surface area contributed by atoms with E-state index < -0.39 is 4.92 Å². The van der Waals surface area contributed by atoms with Crippen LogP contribution in [0.4, 0.5) is 11.5 Å². The third-order valence-electron chi connectivity index (χ3n) is 1.99. The number of rotatable bonds is 4. The van der Waals surface area contributed by atoms with Gasteiger partial charge in [-0.3, -0.25) is 15.2 Å². The van der Waals surface area contributed by atoms with E-state index >= 15 is 0 Å². The number of aromatic nitrogens is 3. The molecule has 2 aromatic heterocycles. The first-order valence-corrected chi connectivity index (χ1v) is 4.59. The summed E-state index contributed by atoms with van der Waals surface area (Å²) in [6, 6.07) is 4.71. The highest BCUT2D eigenvalue weighted by molar-refractivity contribution is 5.55. The van der Waals surface area contributed by atoms with Crippen molar-refractivity contribution in [3.8, 4) is 0 Å². The van der Waals surface area contributed by atoms with Gasteiger partial charge in [0.25, 0.3) is 0 Å². The molecule has 0 aliphatic rings. The van der Waals surface area contributed by atoms with Crippen molar-refractivity contribution in [1.82, 2.24) is 15.2 Å². The predicted octanol–water partition coefficient (Wildman–Crippen LogP) is 1.32. The van der Waals surface area contributed by atoms with Crippen molar-refractivity contribution in [2.45, 2.75) is 6.54 Å². The van der Waals surface area contributed by atoms with Crippen LogP contribution in [0.1, 0.15) is 5.69 Å². The van der Waals surface area contributed by atoms with Crippen LogP contribution in [-0.2, 0) is 6.54 Å². The zero-order valence-corrected chi connectivity index (χ0v) is 8.25. The van der Waals surface area contributed by atoms with Crippen molar-refractivity contribution in [3.05, 3.63) is 46.4 Å². The number of nitro groups is 1. The lowest BCUT2D eigenvalue weighted by molar-refractivity contribution is -0.384. The second-order valence-corrected chi connectivity index (χ2v) is 3.06.